The number of rotatable bonds is 8. The second-order valence-electron chi connectivity index (χ2n) is 6.71. The van der Waals surface area contributed by atoms with Crippen LogP contribution in [0.25, 0.3) is 0 Å². The van der Waals surface area contributed by atoms with E-state index in [0.29, 0.717) is 5.41 Å². The Bertz CT molecular complexity index is 285. The Morgan fingerprint density at radius 2 is 1.95 bits per heavy atom. The number of hydrogen-bond acceptors (Lipinski definition) is 3. The van der Waals surface area contributed by atoms with Gasteiger partial charge in [-0.25, -0.2) is 0 Å². The van der Waals surface area contributed by atoms with Gasteiger partial charge < -0.3 is 15.5 Å². The van der Waals surface area contributed by atoms with Crippen molar-refractivity contribution in [1.29, 1.82) is 0 Å². The highest BCUT2D eigenvalue weighted by molar-refractivity contribution is 5.81. The molecule has 0 saturated carbocycles. The van der Waals surface area contributed by atoms with Gasteiger partial charge in [-0.3, -0.25) is 4.79 Å². The molecule has 0 aromatic heterocycles. The minimum Gasteiger partial charge on any atom is -0.355 e. The van der Waals surface area contributed by atoms with Crippen LogP contribution in [0.4, 0.5) is 0 Å². The van der Waals surface area contributed by atoms with Gasteiger partial charge in [-0.2, -0.15) is 0 Å². The average Bonchev–Trinajstić information content (AvgIpc) is 2.44. The molecule has 0 aromatic rings. The Kier molecular flexibility index (Phi) is 7.52. The second-order valence-corrected chi connectivity index (χ2v) is 6.71. The second kappa shape index (κ2) is 8.63. The van der Waals surface area contributed by atoms with Crippen molar-refractivity contribution in [2.24, 2.45) is 5.41 Å². The zero-order chi connectivity index (χ0) is 15.0. The van der Waals surface area contributed by atoms with Crippen molar-refractivity contribution in [2.75, 3.05) is 33.2 Å². The zero-order valence-corrected chi connectivity index (χ0v) is 13.8. The van der Waals surface area contributed by atoms with E-state index in [2.05, 4.69) is 36.4 Å². The van der Waals surface area contributed by atoms with Crippen LogP contribution in [0.3, 0.4) is 0 Å². The van der Waals surface area contributed by atoms with E-state index in [0.717, 1.165) is 32.6 Å². The van der Waals surface area contributed by atoms with Gasteiger partial charge in [0.25, 0.3) is 0 Å². The number of amides is 1. The van der Waals surface area contributed by atoms with E-state index >= 15 is 0 Å². The van der Waals surface area contributed by atoms with Gasteiger partial charge in [0, 0.05) is 13.1 Å². The number of likely N-dealkylation sites (tertiary alicyclic amines) is 1. The molecule has 1 unspecified atom stereocenters. The van der Waals surface area contributed by atoms with E-state index < -0.39 is 0 Å². The predicted molar refractivity (Wildman–Crippen MR) is 84.8 cm³/mol. The number of nitrogens with one attached hydrogen (secondary N) is 2. The lowest BCUT2D eigenvalue weighted by Gasteiger charge is -2.38. The highest BCUT2D eigenvalue weighted by Gasteiger charge is 2.29. The third-order valence-electron chi connectivity index (χ3n) is 4.50. The van der Waals surface area contributed by atoms with Crippen LogP contribution in [0.2, 0.25) is 0 Å². The number of unbranched alkanes of at least 4 members (excludes halogenated alkanes) is 2. The molecule has 1 atom stereocenters. The maximum absolute atomic E-state index is 12.0. The highest BCUT2D eigenvalue weighted by Crippen LogP contribution is 2.29. The fourth-order valence-electron chi connectivity index (χ4n) is 2.57. The van der Waals surface area contributed by atoms with Gasteiger partial charge >= 0.3 is 0 Å². The number of carbonyl (C=O) groups excluding carboxylic acids is 1. The van der Waals surface area contributed by atoms with Gasteiger partial charge in [-0.1, -0.05) is 26.7 Å². The van der Waals surface area contributed by atoms with Crippen LogP contribution in [0.1, 0.15) is 52.9 Å². The minimum absolute atomic E-state index is 0.0897. The lowest BCUT2D eigenvalue weighted by molar-refractivity contribution is -0.122. The molecule has 1 amide bonds. The van der Waals surface area contributed by atoms with Gasteiger partial charge in [0.1, 0.15) is 0 Å². The summed E-state index contributed by atoms with van der Waals surface area (Å²) in [7, 11) is 2.18. The van der Waals surface area contributed by atoms with Crippen molar-refractivity contribution in [3.05, 3.63) is 0 Å². The molecule has 1 rings (SSSR count). The number of hydrogen-bond donors (Lipinski definition) is 2. The van der Waals surface area contributed by atoms with Gasteiger partial charge in [0.15, 0.2) is 0 Å². The van der Waals surface area contributed by atoms with Gasteiger partial charge in [0.2, 0.25) is 5.91 Å². The van der Waals surface area contributed by atoms with E-state index in [4.69, 9.17) is 0 Å². The maximum atomic E-state index is 12.0. The summed E-state index contributed by atoms with van der Waals surface area (Å²) in [6.07, 6.45) is 5.88. The number of carbonyl (C=O) groups is 1. The van der Waals surface area contributed by atoms with Crippen LogP contribution in [-0.2, 0) is 4.79 Å². The standard InChI is InChI=1S/C16H33N3O/c1-5-6-7-10-17-15(20)14(2)18-13-16(3)8-11-19(4)12-9-16/h14,18H,5-13H2,1-4H3,(H,17,20). The van der Waals surface area contributed by atoms with Crippen LogP contribution in [0.15, 0.2) is 0 Å². The van der Waals surface area contributed by atoms with Crippen molar-refractivity contribution in [1.82, 2.24) is 15.5 Å². The van der Waals surface area contributed by atoms with E-state index in [1.165, 1.54) is 25.7 Å². The van der Waals surface area contributed by atoms with E-state index in [1.54, 1.807) is 0 Å². The van der Waals surface area contributed by atoms with Crippen LogP contribution in [0.5, 0.6) is 0 Å². The largest absolute Gasteiger partial charge is 0.355 e. The molecule has 0 spiro atoms. The smallest absolute Gasteiger partial charge is 0.236 e. The van der Waals surface area contributed by atoms with Gasteiger partial charge in [0.05, 0.1) is 6.04 Å². The molecule has 2 N–H and O–H groups in total. The molecule has 0 radical (unpaired) electrons. The van der Waals surface area contributed by atoms with Crippen LogP contribution in [0, 0.1) is 5.41 Å². The summed E-state index contributed by atoms with van der Waals surface area (Å²) < 4.78 is 0. The predicted octanol–water partition coefficient (Wildman–Crippen LogP) is 2.00. The van der Waals surface area contributed by atoms with E-state index in [9.17, 15) is 4.79 Å². The quantitative estimate of drug-likeness (QED) is 0.670. The third-order valence-corrected chi connectivity index (χ3v) is 4.50. The first-order valence-corrected chi connectivity index (χ1v) is 8.16. The highest BCUT2D eigenvalue weighted by atomic mass is 16.2. The lowest BCUT2D eigenvalue weighted by Crippen LogP contribution is -2.48. The summed E-state index contributed by atoms with van der Waals surface area (Å²) in [4.78, 5) is 14.3. The SMILES string of the molecule is CCCCCNC(=O)C(C)NCC1(C)CCN(C)CC1. The topological polar surface area (TPSA) is 44.4 Å². The average molecular weight is 283 g/mol. The molecule has 4 nitrogen and oxygen atoms in total. The van der Waals surface area contributed by atoms with Crippen LogP contribution in [-0.4, -0.2) is 50.1 Å². The molecule has 118 valence electrons. The first kappa shape index (κ1) is 17.4. The molecule has 1 aliphatic rings. The van der Waals surface area contributed by atoms with Crippen LogP contribution >= 0.6 is 0 Å². The van der Waals surface area contributed by atoms with Crippen molar-refractivity contribution in [3.8, 4) is 0 Å². The Hall–Kier alpha value is -0.610. The molecule has 1 saturated heterocycles. The first-order valence-electron chi connectivity index (χ1n) is 8.16. The summed E-state index contributed by atoms with van der Waals surface area (Å²) in [5.41, 5.74) is 0.337. The molecule has 1 fully saturated rings. The maximum Gasteiger partial charge on any atom is 0.236 e. The van der Waals surface area contributed by atoms with Crippen molar-refractivity contribution in [2.45, 2.75) is 58.9 Å². The fourth-order valence-corrected chi connectivity index (χ4v) is 2.57. The summed E-state index contributed by atoms with van der Waals surface area (Å²) in [6.45, 7) is 10.5. The van der Waals surface area contributed by atoms with E-state index in [-0.39, 0.29) is 11.9 Å². The van der Waals surface area contributed by atoms with Crippen LogP contribution < -0.4 is 10.6 Å². The monoisotopic (exact) mass is 283 g/mol. The van der Waals surface area contributed by atoms with Crippen molar-refractivity contribution >= 4 is 5.91 Å². The molecule has 0 bridgehead atoms. The molecule has 20 heavy (non-hydrogen) atoms. The third kappa shape index (κ3) is 6.23. The van der Waals surface area contributed by atoms with Crippen molar-refractivity contribution < 1.29 is 4.79 Å². The molecule has 4 heteroatoms. The van der Waals surface area contributed by atoms with Gasteiger partial charge in [-0.15, -0.1) is 0 Å². The molecular formula is C16H33N3O. The molecule has 0 aromatic carbocycles. The molecule has 1 heterocycles. The van der Waals surface area contributed by atoms with Gasteiger partial charge in [-0.05, 0) is 51.7 Å². The number of piperidine rings is 1. The number of nitrogens with zero attached hydrogens (tertiary/aromatic N) is 1. The van der Waals surface area contributed by atoms with Crippen molar-refractivity contribution in [3.63, 3.8) is 0 Å². The Labute approximate surface area is 124 Å². The molecule has 1 aliphatic heterocycles. The summed E-state index contributed by atoms with van der Waals surface area (Å²) in [5.74, 6) is 0.137. The lowest BCUT2D eigenvalue weighted by atomic mass is 9.80. The molecule has 0 aliphatic carbocycles. The summed E-state index contributed by atoms with van der Waals surface area (Å²) >= 11 is 0. The Morgan fingerprint density at radius 3 is 2.55 bits per heavy atom. The normalized spacial score (nSPS) is 20.6. The zero-order valence-electron chi connectivity index (χ0n) is 13.8. The fraction of sp³-hybridized carbons (Fsp3) is 0.938. The molecular weight excluding hydrogens is 250 g/mol. The Morgan fingerprint density at radius 1 is 1.30 bits per heavy atom. The summed E-state index contributed by atoms with van der Waals surface area (Å²) in [5, 5.41) is 6.43. The first-order chi connectivity index (χ1) is 9.47. The minimum atomic E-state index is -0.0897. The summed E-state index contributed by atoms with van der Waals surface area (Å²) in [6, 6.07) is -0.0897. The van der Waals surface area contributed by atoms with E-state index in [1.807, 2.05) is 6.92 Å². The Balaban J connectivity index is 2.21.